The molecule has 0 atom stereocenters. The Labute approximate surface area is 49.0 Å². The second-order valence-corrected chi connectivity index (χ2v) is 5.28. The van der Waals surface area contributed by atoms with E-state index in [9.17, 15) is 8.96 Å². The Morgan fingerprint density at radius 3 is 2.00 bits per heavy atom. The number of halogens is 1. The lowest BCUT2D eigenvalue weighted by Gasteiger charge is -1.94. The molecular formula is C5H10FOP. The van der Waals surface area contributed by atoms with Crippen LogP contribution in [0.2, 0.25) is 0 Å². The van der Waals surface area contributed by atoms with Crippen molar-refractivity contribution in [1.82, 2.24) is 0 Å². The standard InChI is InChI=1S/C5H10FOP/c1-5(6)4-8(2,3)7/h4H,1-3H3/b5-4-. The molecule has 0 saturated heterocycles. The summed E-state index contributed by atoms with van der Waals surface area (Å²) in [5, 5.41) is 0. The van der Waals surface area contributed by atoms with Gasteiger partial charge in [0.15, 0.2) is 0 Å². The Bertz CT molecular complexity index is 141. The van der Waals surface area contributed by atoms with E-state index in [0.29, 0.717) is 0 Å². The molecule has 0 aliphatic heterocycles. The summed E-state index contributed by atoms with van der Waals surface area (Å²) >= 11 is 0. The van der Waals surface area contributed by atoms with Gasteiger partial charge in [-0.25, -0.2) is 4.39 Å². The molecule has 0 saturated carbocycles. The number of hydrogen-bond acceptors (Lipinski definition) is 1. The van der Waals surface area contributed by atoms with Gasteiger partial charge in [-0.05, 0) is 20.3 Å². The van der Waals surface area contributed by atoms with Crippen LogP contribution >= 0.6 is 7.14 Å². The molecule has 0 aliphatic carbocycles. The van der Waals surface area contributed by atoms with Gasteiger partial charge >= 0.3 is 0 Å². The first-order valence-corrected chi connectivity index (χ1v) is 4.98. The van der Waals surface area contributed by atoms with Crippen molar-refractivity contribution < 1.29 is 8.96 Å². The fourth-order valence-electron chi connectivity index (χ4n) is 0.428. The second-order valence-electron chi connectivity index (χ2n) is 2.15. The van der Waals surface area contributed by atoms with Crippen LogP contribution in [0.15, 0.2) is 11.6 Å². The molecule has 0 bridgehead atoms. The summed E-state index contributed by atoms with van der Waals surface area (Å²) < 4.78 is 22.6. The zero-order valence-electron chi connectivity index (χ0n) is 5.31. The van der Waals surface area contributed by atoms with Gasteiger partial charge in [-0.2, -0.15) is 0 Å². The predicted octanol–water partition coefficient (Wildman–Crippen LogP) is 2.44. The summed E-state index contributed by atoms with van der Waals surface area (Å²) in [6.07, 6.45) is 0. The summed E-state index contributed by atoms with van der Waals surface area (Å²) in [6, 6.07) is 0. The summed E-state index contributed by atoms with van der Waals surface area (Å²) in [7, 11) is -2.26. The van der Waals surface area contributed by atoms with Crippen molar-refractivity contribution in [3.05, 3.63) is 11.6 Å². The maximum Gasteiger partial charge on any atom is 0.105 e. The van der Waals surface area contributed by atoms with Crippen LogP contribution in [0.4, 0.5) is 4.39 Å². The molecule has 0 aliphatic rings. The molecule has 0 heterocycles. The summed E-state index contributed by atoms with van der Waals surface area (Å²) in [4.78, 5) is 0. The van der Waals surface area contributed by atoms with Crippen LogP contribution in [0.25, 0.3) is 0 Å². The Balaban J connectivity index is 4.11. The lowest BCUT2D eigenvalue weighted by molar-refractivity contribution is 0.585. The zero-order chi connectivity index (χ0) is 6.78. The Morgan fingerprint density at radius 1 is 1.62 bits per heavy atom. The van der Waals surface area contributed by atoms with Gasteiger partial charge in [-0.3, -0.25) is 0 Å². The zero-order valence-corrected chi connectivity index (χ0v) is 6.21. The van der Waals surface area contributed by atoms with E-state index in [2.05, 4.69) is 0 Å². The van der Waals surface area contributed by atoms with Crippen molar-refractivity contribution in [3.8, 4) is 0 Å². The van der Waals surface area contributed by atoms with Crippen LogP contribution in [0, 0.1) is 0 Å². The van der Waals surface area contributed by atoms with Crippen LogP contribution in [0.5, 0.6) is 0 Å². The van der Waals surface area contributed by atoms with Crippen LogP contribution < -0.4 is 0 Å². The van der Waals surface area contributed by atoms with E-state index in [0.717, 1.165) is 5.82 Å². The Kier molecular flexibility index (Phi) is 2.42. The normalized spacial score (nSPS) is 14.2. The molecule has 0 aromatic heterocycles. The van der Waals surface area contributed by atoms with Crippen molar-refractivity contribution in [3.63, 3.8) is 0 Å². The van der Waals surface area contributed by atoms with Gasteiger partial charge in [0, 0.05) is 5.82 Å². The molecule has 0 rings (SSSR count). The molecule has 0 N–H and O–H groups in total. The number of rotatable bonds is 1. The fraction of sp³-hybridized carbons (Fsp3) is 0.600. The largest absolute Gasteiger partial charge is 0.320 e. The van der Waals surface area contributed by atoms with E-state index >= 15 is 0 Å². The van der Waals surface area contributed by atoms with Crippen molar-refractivity contribution >= 4 is 7.14 Å². The highest BCUT2D eigenvalue weighted by Gasteiger charge is 2.00. The van der Waals surface area contributed by atoms with E-state index in [4.69, 9.17) is 0 Å². The lowest BCUT2D eigenvalue weighted by Crippen LogP contribution is -1.67. The molecule has 0 aromatic rings. The minimum Gasteiger partial charge on any atom is -0.320 e. The summed E-state index contributed by atoms with van der Waals surface area (Å²) in [6.45, 7) is 4.34. The van der Waals surface area contributed by atoms with Crippen molar-refractivity contribution in [2.45, 2.75) is 6.92 Å². The van der Waals surface area contributed by atoms with Crippen LogP contribution in [0.3, 0.4) is 0 Å². The minimum atomic E-state index is -2.26. The molecule has 0 aromatic carbocycles. The van der Waals surface area contributed by atoms with Gasteiger partial charge in [0.1, 0.15) is 13.0 Å². The maximum absolute atomic E-state index is 11.9. The summed E-state index contributed by atoms with van der Waals surface area (Å²) in [5.41, 5.74) is 0. The third-order valence-corrected chi connectivity index (χ3v) is 1.47. The highest BCUT2D eigenvalue weighted by molar-refractivity contribution is 7.65. The third kappa shape index (κ3) is 5.90. The highest BCUT2D eigenvalue weighted by Crippen LogP contribution is 2.38. The molecular weight excluding hydrogens is 126 g/mol. The minimum absolute atomic E-state index is 0.363. The molecule has 0 fully saturated rings. The monoisotopic (exact) mass is 136 g/mol. The predicted molar refractivity (Wildman–Crippen MR) is 34.3 cm³/mol. The van der Waals surface area contributed by atoms with Gasteiger partial charge in [-0.1, -0.05) is 0 Å². The molecule has 1 nitrogen and oxygen atoms in total. The van der Waals surface area contributed by atoms with Gasteiger partial charge in [0.2, 0.25) is 0 Å². The van der Waals surface area contributed by atoms with Crippen molar-refractivity contribution in [1.29, 1.82) is 0 Å². The van der Waals surface area contributed by atoms with E-state index in [1.807, 2.05) is 0 Å². The molecule has 0 unspecified atom stereocenters. The van der Waals surface area contributed by atoms with Crippen LogP contribution in [-0.4, -0.2) is 13.3 Å². The van der Waals surface area contributed by atoms with Crippen molar-refractivity contribution in [2.24, 2.45) is 0 Å². The molecule has 3 heteroatoms. The topological polar surface area (TPSA) is 17.1 Å². The smallest absolute Gasteiger partial charge is 0.105 e. The first-order chi connectivity index (χ1) is 3.42. The quantitative estimate of drug-likeness (QED) is 0.506. The molecule has 48 valence electrons. The first-order valence-electron chi connectivity index (χ1n) is 2.31. The Hall–Kier alpha value is -0.100. The molecule has 0 radical (unpaired) electrons. The maximum atomic E-state index is 11.9. The van der Waals surface area contributed by atoms with Gasteiger partial charge in [-0.15, -0.1) is 0 Å². The highest BCUT2D eigenvalue weighted by atomic mass is 31.2. The number of allylic oxidation sites excluding steroid dienone is 1. The van der Waals surface area contributed by atoms with E-state index < -0.39 is 7.14 Å². The third-order valence-electron chi connectivity index (χ3n) is 0.489. The average Bonchev–Trinajstić information content (AvgIpc) is 1.21. The van der Waals surface area contributed by atoms with E-state index in [1.54, 1.807) is 0 Å². The average molecular weight is 136 g/mol. The van der Waals surface area contributed by atoms with Gasteiger partial charge in [0.05, 0.1) is 0 Å². The Morgan fingerprint density at radius 2 is 2.00 bits per heavy atom. The number of hydrogen-bond donors (Lipinski definition) is 0. The lowest BCUT2D eigenvalue weighted by atomic mass is 10.7. The van der Waals surface area contributed by atoms with Crippen LogP contribution in [0.1, 0.15) is 6.92 Å². The molecule has 0 amide bonds. The molecule has 0 spiro atoms. The summed E-state index contributed by atoms with van der Waals surface area (Å²) in [5.74, 6) is 0.797. The van der Waals surface area contributed by atoms with E-state index in [-0.39, 0.29) is 5.83 Å². The molecule has 8 heavy (non-hydrogen) atoms. The van der Waals surface area contributed by atoms with Crippen molar-refractivity contribution in [2.75, 3.05) is 13.3 Å². The first kappa shape index (κ1) is 7.90. The van der Waals surface area contributed by atoms with E-state index in [1.165, 1.54) is 20.3 Å². The SMILES string of the molecule is C/C(F)=C/P(C)(C)=O. The van der Waals surface area contributed by atoms with Gasteiger partial charge < -0.3 is 4.57 Å². The van der Waals surface area contributed by atoms with Crippen LogP contribution in [-0.2, 0) is 4.57 Å². The second kappa shape index (κ2) is 2.45. The van der Waals surface area contributed by atoms with Gasteiger partial charge in [0.25, 0.3) is 0 Å². The fourth-order valence-corrected chi connectivity index (χ4v) is 1.29.